The predicted octanol–water partition coefficient (Wildman–Crippen LogP) is 1.84. The number of fused-ring (bicyclic) bond motifs is 2. The highest BCUT2D eigenvalue weighted by Crippen LogP contribution is 2.32. The Morgan fingerprint density at radius 1 is 0.733 bits per heavy atom. The van der Waals surface area contributed by atoms with Crippen LogP contribution in [0.2, 0.25) is 0 Å². The van der Waals surface area contributed by atoms with E-state index in [1.807, 2.05) is 22.9 Å². The molecule has 4 heterocycles. The highest BCUT2D eigenvalue weighted by molar-refractivity contribution is 5.95. The van der Waals surface area contributed by atoms with Gasteiger partial charge in [0.25, 0.3) is 0 Å². The van der Waals surface area contributed by atoms with Crippen LogP contribution in [0.5, 0.6) is 0 Å². The van der Waals surface area contributed by atoms with Gasteiger partial charge in [-0.25, -0.2) is 19.6 Å². The molecule has 0 saturated carbocycles. The fourth-order valence-electron chi connectivity index (χ4n) is 5.06. The van der Waals surface area contributed by atoms with E-state index in [0.717, 1.165) is 11.4 Å². The SMILES string of the molecule is COCCN(CCOC)c1nc(N2CCn3ncnc3C2)c2nc(N(CCOC)CCOC)nc(NCc3ccccc3)c2n1. The number of aromatic nitrogens is 7. The zero-order chi connectivity index (χ0) is 31.4. The first-order valence-corrected chi connectivity index (χ1v) is 15.1. The van der Waals surface area contributed by atoms with Crippen LogP contribution in [0, 0.1) is 0 Å². The molecule has 0 aliphatic carbocycles. The molecule has 0 spiro atoms. The van der Waals surface area contributed by atoms with Crippen LogP contribution in [-0.2, 0) is 38.6 Å². The maximum absolute atomic E-state index is 5.43. The summed E-state index contributed by atoms with van der Waals surface area (Å²) in [5, 5.41) is 7.93. The van der Waals surface area contributed by atoms with Gasteiger partial charge in [-0.15, -0.1) is 0 Å². The van der Waals surface area contributed by atoms with Crippen LogP contribution in [-0.4, -0.2) is 122 Å². The first-order chi connectivity index (χ1) is 22.1. The van der Waals surface area contributed by atoms with Crippen LogP contribution in [0.25, 0.3) is 11.0 Å². The van der Waals surface area contributed by atoms with Crippen molar-refractivity contribution in [3.05, 3.63) is 48.0 Å². The minimum Gasteiger partial charge on any atom is -0.383 e. The van der Waals surface area contributed by atoms with E-state index >= 15 is 0 Å². The second-order valence-electron chi connectivity index (χ2n) is 10.5. The molecule has 0 fully saturated rings. The van der Waals surface area contributed by atoms with Gasteiger partial charge in [-0.05, 0) is 5.56 Å². The van der Waals surface area contributed by atoms with E-state index in [0.29, 0.717) is 113 Å². The Hall–Kier alpha value is -4.18. The van der Waals surface area contributed by atoms with Crippen molar-refractivity contribution in [2.45, 2.75) is 19.6 Å². The van der Waals surface area contributed by atoms with Crippen LogP contribution in [0.1, 0.15) is 11.4 Å². The number of nitrogens with one attached hydrogen (secondary N) is 1. The molecular formula is C30H43N11O4. The van der Waals surface area contributed by atoms with Gasteiger partial charge in [0.15, 0.2) is 11.6 Å². The molecule has 242 valence electrons. The van der Waals surface area contributed by atoms with Gasteiger partial charge in [0.2, 0.25) is 11.9 Å². The number of hydrogen-bond donors (Lipinski definition) is 1. The first-order valence-electron chi connectivity index (χ1n) is 15.1. The maximum atomic E-state index is 5.43. The molecule has 15 nitrogen and oxygen atoms in total. The van der Waals surface area contributed by atoms with Crippen LogP contribution in [0.4, 0.5) is 23.5 Å². The summed E-state index contributed by atoms with van der Waals surface area (Å²) in [5.74, 6) is 3.27. The smallest absolute Gasteiger partial charge is 0.228 e. The molecule has 0 atom stereocenters. The third-order valence-electron chi connectivity index (χ3n) is 7.54. The molecule has 0 saturated heterocycles. The number of hydrogen-bond acceptors (Lipinski definition) is 14. The second-order valence-corrected chi connectivity index (χ2v) is 10.5. The molecule has 3 aromatic heterocycles. The molecule has 1 aromatic carbocycles. The van der Waals surface area contributed by atoms with Gasteiger partial charge in [0, 0.05) is 67.7 Å². The molecule has 0 bridgehead atoms. The molecule has 15 heteroatoms. The van der Waals surface area contributed by atoms with Gasteiger partial charge < -0.3 is 39.0 Å². The number of methoxy groups -OCH3 is 4. The molecule has 1 aliphatic rings. The van der Waals surface area contributed by atoms with Crippen molar-refractivity contribution in [3.63, 3.8) is 0 Å². The third-order valence-corrected chi connectivity index (χ3v) is 7.54. The van der Waals surface area contributed by atoms with Gasteiger partial charge in [-0.2, -0.15) is 15.1 Å². The van der Waals surface area contributed by atoms with E-state index in [9.17, 15) is 0 Å². The maximum Gasteiger partial charge on any atom is 0.228 e. The van der Waals surface area contributed by atoms with Crippen LogP contribution >= 0.6 is 0 Å². The van der Waals surface area contributed by atoms with Crippen molar-refractivity contribution in [1.29, 1.82) is 0 Å². The lowest BCUT2D eigenvalue weighted by Crippen LogP contribution is -2.37. The van der Waals surface area contributed by atoms with E-state index in [-0.39, 0.29) is 0 Å². The Bertz CT molecular complexity index is 1470. The number of anilines is 4. The zero-order valence-electron chi connectivity index (χ0n) is 26.6. The number of ether oxygens (including phenoxy) is 4. The molecule has 0 unspecified atom stereocenters. The van der Waals surface area contributed by atoms with Crippen molar-refractivity contribution in [2.24, 2.45) is 0 Å². The highest BCUT2D eigenvalue weighted by Gasteiger charge is 2.27. The standard InChI is InChI=1S/C30H43N11O4/c1-42-16-12-38(13-17-43-2)29-35-26-25(27(36-29)31-20-23-8-6-5-7-9-23)34-30(39(14-18-44-3)15-19-45-4)37-28(26)40-10-11-41-24(21-40)32-22-33-41/h5-9,22H,10-21H2,1-4H3,(H,31,35,36). The van der Waals surface area contributed by atoms with Crippen molar-refractivity contribution in [2.75, 3.05) is 108 Å². The largest absolute Gasteiger partial charge is 0.383 e. The molecule has 1 N–H and O–H groups in total. The molecule has 45 heavy (non-hydrogen) atoms. The average Bonchev–Trinajstić information content (AvgIpc) is 3.55. The molecule has 0 radical (unpaired) electrons. The van der Waals surface area contributed by atoms with Crippen molar-refractivity contribution >= 4 is 34.6 Å². The Balaban J connectivity index is 1.67. The van der Waals surface area contributed by atoms with Gasteiger partial charge in [0.05, 0.1) is 39.5 Å². The average molecular weight is 622 g/mol. The Morgan fingerprint density at radius 2 is 1.33 bits per heavy atom. The fourth-order valence-corrected chi connectivity index (χ4v) is 5.06. The minimum absolute atomic E-state index is 0.510. The van der Waals surface area contributed by atoms with Gasteiger partial charge in [-0.3, -0.25) is 0 Å². The Labute approximate surface area is 263 Å². The Kier molecular flexibility index (Phi) is 11.6. The van der Waals surface area contributed by atoms with Crippen LogP contribution < -0.4 is 20.0 Å². The zero-order valence-corrected chi connectivity index (χ0v) is 26.6. The normalized spacial score (nSPS) is 12.8. The van der Waals surface area contributed by atoms with Crippen molar-refractivity contribution < 1.29 is 18.9 Å². The number of benzene rings is 1. The second kappa shape index (κ2) is 16.2. The van der Waals surface area contributed by atoms with E-state index < -0.39 is 0 Å². The summed E-state index contributed by atoms with van der Waals surface area (Å²) >= 11 is 0. The lowest BCUT2D eigenvalue weighted by molar-refractivity contribution is 0.189. The van der Waals surface area contributed by atoms with Crippen molar-refractivity contribution in [1.82, 2.24) is 34.7 Å². The van der Waals surface area contributed by atoms with E-state index in [2.05, 4.69) is 42.2 Å². The summed E-state index contributed by atoms with van der Waals surface area (Å²) in [7, 11) is 6.74. The molecule has 5 rings (SSSR count). The lowest BCUT2D eigenvalue weighted by Gasteiger charge is -2.30. The molecule has 4 aromatic rings. The summed E-state index contributed by atoms with van der Waals surface area (Å²) in [6, 6.07) is 10.2. The number of nitrogens with zero attached hydrogens (tertiary/aromatic N) is 10. The summed E-state index contributed by atoms with van der Waals surface area (Å²) in [6.45, 7) is 6.85. The summed E-state index contributed by atoms with van der Waals surface area (Å²) in [4.78, 5) is 31.2. The summed E-state index contributed by atoms with van der Waals surface area (Å²) in [6.07, 6.45) is 1.59. The number of rotatable bonds is 18. The van der Waals surface area contributed by atoms with E-state index in [4.69, 9.17) is 38.9 Å². The quantitative estimate of drug-likeness (QED) is 0.173. The van der Waals surface area contributed by atoms with Crippen LogP contribution in [0.3, 0.4) is 0 Å². The molecular weight excluding hydrogens is 578 g/mol. The third kappa shape index (κ3) is 8.11. The summed E-state index contributed by atoms with van der Waals surface area (Å²) < 4.78 is 23.6. The van der Waals surface area contributed by atoms with E-state index in [1.54, 1.807) is 34.8 Å². The van der Waals surface area contributed by atoms with Crippen molar-refractivity contribution in [3.8, 4) is 0 Å². The van der Waals surface area contributed by atoms with E-state index in [1.165, 1.54) is 0 Å². The topological polar surface area (TPSA) is 141 Å². The lowest BCUT2D eigenvalue weighted by atomic mass is 10.2. The van der Waals surface area contributed by atoms with Gasteiger partial charge >= 0.3 is 0 Å². The predicted molar refractivity (Wildman–Crippen MR) is 172 cm³/mol. The minimum atomic E-state index is 0.510. The molecule has 0 amide bonds. The highest BCUT2D eigenvalue weighted by atomic mass is 16.5. The van der Waals surface area contributed by atoms with Gasteiger partial charge in [0.1, 0.15) is 23.2 Å². The fraction of sp³-hybridized carbons (Fsp3) is 0.533. The first kappa shape index (κ1) is 32.2. The Morgan fingerprint density at radius 3 is 1.96 bits per heavy atom. The van der Waals surface area contributed by atoms with Crippen LogP contribution in [0.15, 0.2) is 36.7 Å². The molecule has 1 aliphatic heterocycles. The monoisotopic (exact) mass is 621 g/mol. The van der Waals surface area contributed by atoms with Gasteiger partial charge in [-0.1, -0.05) is 30.3 Å². The summed E-state index contributed by atoms with van der Waals surface area (Å²) in [5.41, 5.74) is 2.39.